The number of nitrogens with zero attached hydrogens (tertiary/aromatic N) is 1. The predicted molar refractivity (Wildman–Crippen MR) is 74.9 cm³/mol. The van der Waals surface area contributed by atoms with Crippen molar-refractivity contribution < 1.29 is 14.4 Å². The van der Waals surface area contributed by atoms with Crippen LogP contribution in [0.1, 0.15) is 25.3 Å². The Morgan fingerprint density at radius 1 is 1.45 bits per heavy atom. The number of nitrogens with one attached hydrogen (secondary N) is 1. The van der Waals surface area contributed by atoms with Crippen molar-refractivity contribution in [3.63, 3.8) is 0 Å². The number of hydrogen-bond acceptors (Lipinski definition) is 5. The summed E-state index contributed by atoms with van der Waals surface area (Å²) >= 11 is 0. The molecule has 0 bridgehead atoms. The van der Waals surface area contributed by atoms with Gasteiger partial charge in [-0.1, -0.05) is 0 Å². The van der Waals surface area contributed by atoms with E-state index in [0.717, 1.165) is 31.6 Å². The molecule has 0 atom stereocenters. The average molecular weight is 280 g/mol. The number of ether oxygens (including phenoxy) is 2. The number of benzene rings is 1. The van der Waals surface area contributed by atoms with E-state index in [4.69, 9.17) is 9.47 Å². The van der Waals surface area contributed by atoms with E-state index in [-0.39, 0.29) is 16.1 Å². The van der Waals surface area contributed by atoms with Crippen molar-refractivity contribution in [1.29, 1.82) is 0 Å². The van der Waals surface area contributed by atoms with Gasteiger partial charge in [-0.2, -0.15) is 0 Å². The van der Waals surface area contributed by atoms with Crippen molar-refractivity contribution in [1.82, 2.24) is 5.32 Å². The van der Waals surface area contributed by atoms with Gasteiger partial charge in [-0.05, 0) is 25.8 Å². The second kappa shape index (κ2) is 6.19. The second-order valence-electron chi connectivity index (χ2n) is 5.28. The minimum Gasteiger partial charge on any atom is -0.496 e. The van der Waals surface area contributed by atoms with Crippen LogP contribution in [0.4, 0.5) is 5.69 Å². The number of hydrogen-bond donors (Lipinski definition) is 1. The monoisotopic (exact) mass is 280 g/mol. The van der Waals surface area contributed by atoms with Crippen molar-refractivity contribution in [2.75, 3.05) is 20.3 Å². The van der Waals surface area contributed by atoms with E-state index in [1.54, 1.807) is 19.2 Å². The first-order chi connectivity index (χ1) is 9.54. The maximum atomic E-state index is 10.8. The van der Waals surface area contributed by atoms with Gasteiger partial charge in [0, 0.05) is 43.0 Å². The van der Waals surface area contributed by atoms with Gasteiger partial charge >= 0.3 is 0 Å². The zero-order chi connectivity index (χ0) is 14.6. The van der Waals surface area contributed by atoms with Crippen LogP contribution in [-0.2, 0) is 11.3 Å². The Kier molecular flexibility index (Phi) is 4.57. The fourth-order valence-electron chi connectivity index (χ4n) is 2.32. The Bertz CT molecular complexity index is 484. The molecular weight excluding hydrogens is 260 g/mol. The summed E-state index contributed by atoms with van der Waals surface area (Å²) in [4.78, 5) is 10.5. The number of nitro groups is 1. The van der Waals surface area contributed by atoms with Crippen LogP contribution >= 0.6 is 0 Å². The topological polar surface area (TPSA) is 73.6 Å². The zero-order valence-corrected chi connectivity index (χ0v) is 11.8. The molecule has 1 aliphatic heterocycles. The molecular formula is C14H20N2O4. The van der Waals surface area contributed by atoms with Crippen LogP contribution < -0.4 is 10.1 Å². The molecule has 1 saturated heterocycles. The molecule has 6 nitrogen and oxygen atoms in total. The third-order valence-electron chi connectivity index (χ3n) is 3.78. The van der Waals surface area contributed by atoms with Crippen molar-refractivity contribution in [2.24, 2.45) is 0 Å². The lowest BCUT2D eigenvalue weighted by atomic mass is 9.92. The molecule has 1 N–H and O–H groups in total. The summed E-state index contributed by atoms with van der Waals surface area (Å²) in [6, 6.07) is 4.66. The predicted octanol–water partition coefficient (Wildman–Crippen LogP) is 2.26. The van der Waals surface area contributed by atoms with Gasteiger partial charge < -0.3 is 14.8 Å². The van der Waals surface area contributed by atoms with E-state index >= 15 is 0 Å². The molecule has 1 aliphatic rings. The van der Waals surface area contributed by atoms with E-state index in [9.17, 15) is 10.1 Å². The number of non-ortho nitro benzene ring substituents is 1. The molecule has 0 aromatic heterocycles. The van der Waals surface area contributed by atoms with Crippen molar-refractivity contribution in [2.45, 2.75) is 31.8 Å². The SMILES string of the molecule is COc1ccc([N+](=O)[O-])cc1CNC1(C)CCOCC1. The van der Waals surface area contributed by atoms with Crippen LogP contribution in [0.15, 0.2) is 18.2 Å². The Balaban J connectivity index is 2.10. The van der Waals surface area contributed by atoms with Gasteiger partial charge in [0.15, 0.2) is 0 Å². The number of nitro benzene ring substituents is 1. The lowest BCUT2D eigenvalue weighted by Gasteiger charge is -2.34. The van der Waals surface area contributed by atoms with Crippen molar-refractivity contribution in [3.8, 4) is 5.75 Å². The average Bonchev–Trinajstić information content (AvgIpc) is 2.45. The van der Waals surface area contributed by atoms with E-state index in [0.29, 0.717) is 12.3 Å². The Labute approximate surface area is 118 Å². The standard InChI is InChI=1S/C14H20N2O4/c1-14(5-7-20-8-6-14)15-10-11-9-12(16(17)18)3-4-13(11)19-2/h3-4,9,15H,5-8,10H2,1-2H3. The molecule has 0 amide bonds. The maximum Gasteiger partial charge on any atom is 0.270 e. The minimum atomic E-state index is -0.390. The molecule has 1 fully saturated rings. The van der Waals surface area contributed by atoms with E-state index in [2.05, 4.69) is 12.2 Å². The first-order valence-corrected chi connectivity index (χ1v) is 6.68. The van der Waals surface area contributed by atoms with Gasteiger partial charge in [0.2, 0.25) is 0 Å². The highest BCUT2D eigenvalue weighted by atomic mass is 16.6. The summed E-state index contributed by atoms with van der Waals surface area (Å²) in [5, 5.41) is 14.3. The summed E-state index contributed by atoms with van der Waals surface area (Å²) in [6.45, 7) is 4.19. The molecule has 0 spiro atoms. The van der Waals surface area contributed by atoms with Crippen LogP contribution in [0.5, 0.6) is 5.75 Å². The van der Waals surface area contributed by atoms with Gasteiger partial charge in [0.05, 0.1) is 12.0 Å². The Morgan fingerprint density at radius 2 is 2.15 bits per heavy atom. The fourth-order valence-corrected chi connectivity index (χ4v) is 2.32. The van der Waals surface area contributed by atoms with Crippen LogP contribution in [0.2, 0.25) is 0 Å². The maximum absolute atomic E-state index is 10.8. The number of methoxy groups -OCH3 is 1. The molecule has 0 saturated carbocycles. The van der Waals surface area contributed by atoms with Crippen LogP contribution in [0.3, 0.4) is 0 Å². The number of rotatable bonds is 5. The third kappa shape index (κ3) is 3.46. The van der Waals surface area contributed by atoms with Crippen molar-refractivity contribution in [3.05, 3.63) is 33.9 Å². The van der Waals surface area contributed by atoms with Gasteiger partial charge in [0.25, 0.3) is 5.69 Å². The van der Waals surface area contributed by atoms with Gasteiger partial charge in [-0.15, -0.1) is 0 Å². The Hall–Kier alpha value is -1.66. The minimum absolute atomic E-state index is 0.00782. The summed E-state index contributed by atoms with van der Waals surface area (Å²) < 4.78 is 10.6. The Morgan fingerprint density at radius 3 is 2.75 bits per heavy atom. The van der Waals surface area contributed by atoms with Crippen LogP contribution in [-0.4, -0.2) is 30.8 Å². The highest BCUT2D eigenvalue weighted by Crippen LogP contribution is 2.26. The van der Waals surface area contributed by atoms with Gasteiger partial charge in [0.1, 0.15) is 5.75 Å². The zero-order valence-electron chi connectivity index (χ0n) is 11.8. The van der Waals surface area contributed by atoms with Crippen molar-refractivity contribution >= 4 is 5.69 Å². The molecule has 0 aliphatic carbocycles. The molecule has 20 heavy (non-hydrogen) atoms. The first kappa shape index (κ1) is 14.7. The summed E-state index contributed by atoms with van der Waals surface area (Å²) in [7, 11) is 1.57. The fraction of sp³-hybridized carbons (Fsp3) is 0.571. The van der Waals surface area contributed by atoms with E-state index < -0.39 is 0 Å². The third-order valence-corrected chi connectivity index (χ3v) is 3.78. The lowest BCUT2D eigenvalue weighted by molar-refractivity contribution is -0.384. The highest BCUT2D eigenvalue weighted by molar-refractivity contribution is 5.43. The normalized spacial score (nSPS) is 17.7. The molecule has 1 heterocycles. The summed E-state index contributed by atoms with van der Waals surface area (Å²) in [5.41, 5.74) is 0.891. The molecule has 1 aromatic carbocycles. The molecule has 2 rings (SSSR count). The van der Waals surface area contributed by atoms with E-state index in [1.807, 2.05) is 0 Å². The summed E-state index contributed by atoms with van der Waals surface area (Å²) in [6.07, 6.45) is 1.87. The van der Waals surface area contributed by atoms with E-state index in [1.165, 1.54) is 6.07 Å². The largest absolute Gasteiger partial charge is 0.496 e. The molecule has 0 radical (unpaired) electrons. The smallest absolute Gasteiger partial charge is 0.270 e. The molecule has 0 unspecified atom stereocenters. The molecule has 110 valence electrons. The lowest BCUT2D eigenvalue weighted by Crippen LogP contribution is -2.46. The molecule has 6 heteroatoms. The first-order valence-electron chi connectivity index (χ1n) is 6.68. The quantitative estimate of drug-likeness (QED) is 0.661. The van der Waals surface area contributed by atoms with Crippen LogP contribution in [0, 0.1) is 10.1 Å². The van der Waals surface area contributed by atoms with Gasteiger partial charge in [-0.25, -0.2) is 0 Å². The van der Waals surface area contributed by atoms with Crippen LogP contribution in [0.25, 0.3) is 0 Å². The summed E-state index contributed by atoms with van der Waals surface area (Å²) in [5.74, 6) is 0.666. The second-order valence-corrected chi connectivity index (χ2v) is 5.28. The highest BCUT2D eigenvalue weighted by Gasteiger charge is 2.27. The molecule has 1 aromatic rings. The van der Waals surface area contributed by atoms with Gasteiger partial charge in [-0.3, -0.25) is 10.1 Å².